The van der Waals surface area contributed by atoms with Crippen LogP contribution in [0.4, 0.5) is 0 Å². The van der Waals surface area contributed by atoms with Gasteiger partial charge >= 0.3 is 0 Å². The molecule has 2 amide bonds. The van der Waals surface area contributed by atoms with Gasteiger partial charge in [0.15, 0.2) is 0 Å². The maximum Gasteiger partial charge on any atom is 0.253 e. The standard InChI is InChI=1S/C20H21ClN2O3/c1-23(2)20(25)14-6-3-5-13(11-14)19(24)22-17-7-4-10-26-18-12-15(21)8-9-16(17)18/h3,5-6,8-9,11-12,17H,4,7,10H2,1-2H3,(H,22,24). The molecule has 0 bridgehead atoms. The van der Waals surface area contributed by atoms with E-state index in [2.05, 4.69) is 5.32 Å². The highest BCUT2D eigenvalue weighted by molar-refractivity contribution is 6.30. The van der Waals surface area contributed by atoms with E-state index in [4.69, 9.17) is 16.3 Å². The summed E-state index contributed by atoms with van der Waals surface area (Å²) in [4.78, 5) is 26.3. The summed E-state index contributed by atoms with van der Waals surface area (Å²) in [6, 6.07) is 12.0. The minimum absolute atomic E-state index is 0.137. The highest BCUT2D eigenvalue weighted by atomic mass is 35.5. The first-order valence-corrected chi connectivity index (χ1v) is 8.88. The van der Waals surface area contributed by atoms with E-state index >= 15 is 0 Å². The molecule has 3 rings (SSSR count). The molecule has 1 aliphatic rings. The molecule has 136 valence electrons. The number of nitrogens with zero attached hydrogens (tertiary/aromatic N) is 1. The van der Waals surface area contributed by atoms with E-state index in [1.54, 1.807) is 50.5 Å². The van der Waals surface area contributed by atoms with Crippen molar-refractivity contribution in [2.24, 2.45) is 0 Å². The average Bonchev–Trinajstić information content (AvgIpc) is 2.82. The Morgan fingerprint density at radius 2 is 1.92 bits per heavy atom. The lowest BCUT2D eigenvalue weighted by Crippen LogP contribution is -2.29. The maximum atomic E-state index is 12.7. The van der Waals surface area contributed by atoms with Crippen LogP contribution in [0.5, 0.6) is 5.75 Å². The van der Waals surface area contributed by atoms with Gasteiger partial charge in [0.1, 0.15) is 5.75 Å². The first-order chi connectivity index (χ1) is 12.5. The van der Waals surface area contributed by atoms with Crippen molar-refractivity contribution in [1.29, 1.82) is 0 Å². The summed E-state index contributed by atoms with van der Waals surface area (Å²) >= 11 is 6.05. The lowest BCUT2D eigenvalue weighted by molar-refractivity contribution is 0.0827. The predicted molar refractivity (Wildman–Crippen MR) is 101 cm³/mol. The molecule has 0 fully saturated rings. The predicted octanol–water partition coefficient (Wildman–Crippen LogP) is 3.69. The van der Waals surface area contributed by atoms with Crippen LogP contribution in [-0.4, -0.2) is 37.4 Å². The molecular formula is C20H21ClN2O3. The van der Waals surface area contributed by atoms with Crippen LogP contribution in [0, 0.1) is 0 Å². The van der Waals surface area contributed by atoms with Gasteiger partial charge < -0.3 is 15.0 Å². The number of carbonyl (C=O) groups excluding carboxylic acids is 2. The topological polar surface area (TPSA) is 58.6 Å². The Labute approximate surface area is 157 Å². The maximum absolute atomic E-state index is 12.7. The largest absolute Gasteiger partial charge is 0.493 e. The van der Waals surface area contributed by atoms with Crippen LogP contribution in [0.25, 0.3) is 0 Å². The summed E-state index contributed by atoms with van der Waals surface area (Å²) in [5, 5.41) is 3.66. The third-order valence-corrected chi connectivity index (χ3v) is 4.56. The second-order valence-corrected chi connectivity index (χ2v) is 6.92. The van der Waals surface area contributed by atoms with Gasteiger partial charge in [0.25, 0.3) is 11.8 Å². The number of benzene rings is 2. The summed E-state index contributed by atoms with van der Waals surface area (Å²) < 4.78 is 5.74. The van der Waals surface area contributed by atoms with E-state index < -0.39 is 0 Å². The third kappa shape index (κ3) is 3.99. The van der Waals surface area contributed by atoms with Crippen molar-refractivity contribution in [3.63, 3.8) is 0 Å². The molecule has 1 N–H and O–H groups in total. The van der Waals surface area contributed by atoms with Crippen LogP contribution >= 0.6 is 11.6 Å². The number of nitrogens with one attached hydrogen (secondary N) is 1. The number of halogens is 1. The fourth-order valence-corrected chi connectivity index (χ4v) is 3.15. The molecule has 1 unspecified atom stereocenters. The van der Waals surface area contributed by atoms with Gasteiger partial charge in [-0.15, -0.1) is 0 Å². The van der Waals surface area contributed by atoms with E-state index in [-0.39, 0.29) is 17.9 Å². The monoisotopic (exact) mass is 372 g/mol. The summed E-state index contributed by atoms with van der Waals surface area (Å²) in [6.45, 7) is 0.590. The molecule has 0 saturated carbocycles. The summed E-state index contributed by atoms with van der Waals surface area (Å²) in [5.74, 6) is 0.352. The van der Waals surface area contributed by atoms with Crippen LogP contribution in [0.1, 0.15) is 45.2 Å². The average molecular weight is 373 g/mol. The Hall–Kier alpha value is -2.53. The molecule has 26 heavy (non-hydrogen) atoms. The van der Waals surface area contributed by atoms with Gasteiger partial charge in [-0.2, -0.15) is 0 Å². The molecular weight excluding hydrogens is 352 g/mol. The Bertz CT molecular complexity index is 836. The highest BCUT2D eigenvalue weighted by Gasteiger charge is 2.22. The minimum Gasteiger partial charge on any atom is -0.493 e. The molecule has 2 aromatic carbocycles. The van der Waals surface area contributed by atoms with Crippen LogP contribution in [0.15, 0.2) is 42.5 Å². The van der Waals surface area contributed by atoms with Crippen molar-refractivity contribution in [2.75, 3.05) is 20.7 Å². The van der Waals surface area contributed by atoms with Crippen molar-refractivity contribution >= 4 is 23.4 Å². The molecule has 0 spiro atoms. The number of hydrogen-bond donors (Lipinski definition) is 1. The fourth-order valence-electron chi connectivity index (χ4n) is 2.99. The van der Waals surface area contributed by atoms with Gasteiger partial charge in [-0.05, 0) is 43.2 Å². The zero-order valence-electron chi connectivity index (χ0n) is 14.8. The molecule has 6 heteroatoms. The minimum atomic E-state index is -0.216. The zero-order valence-corrected chi connectivity index (χ0v) is 15.5. The van der Waals surface area contributed by atoms with Crippen LogP contribution in [0.3, 0.4) is 0 Å². The Balaban J connectivity index is 1.82. The molecule has 0 radical (unpaired) electrons. The second kappa shape index (κ2) is 7.79. The van der Waals surface area contributed by atoms with Crippen LogP contribution in [0.2, 0.25) is 5.02 Å². The number of carbonyl (C=O) groups is 2. The number of rotatable bonds is 3. The van der Waals surface area contributed by atoms with Crippen molar-refractivity contribution in [3.8, 4) is 5.75 Å². The summed E-state index contributed by atoms with van der Waals surface area (Å²) in [6.07, 6.45) is 1.60. The van der Waals surface area contributed by atoms with Crippen molar-refractivity contribution in [3.05, 3.63) is 64.2 Å². The summed E-state index contributed by atoms with van der Waals surface area (Å²) in [5.41, 5.74) is 1.86. The number of ether oxygens (including phenoxy) is 1. The lowest BCUT2D eigenvalue weighted by atomic mass is 10.0. The molecule has 1 atom stereocenters. The molecule has 0 aromatic heterocycles. The SMILES string of the molecule is CN(C)C(=O)c1cccc(C(=O)NC2CCCOc3cc(Cl)ccc32)c1. The van der Waals surface area contributed by atoms with E-state index in [9.17, 15) is 9.59 Å². The van der Waals surface area contributed by atoms with Crippen molar-refractivity contribution < 1.29 is 14.3 Å². The number of fused-ring (bicyclic) bond motifs is 1. The third-order valence-electron chi connectivity index (χ3n) is 4.33. The van der Waals surface area contributed by atoms with Gasteiger partial charge in [0, 0.05) is 35.8 Å². The number of hydrogen-bond acceptors (Lipinski definition) is 3. The molecule has 0 saturated heterocycles. The van der Waals surface area contributed by atoms with Crippen LogP contribution in [-0.2, 0) is 0 Å². The van der Waals surface area contributed by atoms with Crippen molar-refractivity contribution in [2.45, 2.75) is 18.9 Å². The Morgan fingerprint density at radius 1 is 1.15 bits per heavy atom. The van der Waals surface area contributed by atoms with E-state index in [0.717, 1.165) is 18.4 Å². The lowest BCUT2D eigenvalue weighted by Gasteiger charge is -2.19. The van der Waals surface area contributed by atoms with Gasteiger partial charge in [-0.3, -0.25) is 9.59 Å². The van der Waals surface area contributed by atoms with Gasteiger partial charge in [0.2, 0.25) is 0 Å². The van der Waals surface area contributed by atoms with Crippen LogP contribution < -0.4 is 10.1 Å². The molecule has 1 aliphatic heterocycles. The smallest absolute Gasteiger partial charge is 0.253 e. The molecule has 0 aliphatic carbocycles. The summed E-state index contributed by atoms with van der Waals surface area (Å²) in [7, 11) is 3.37. The Morgan fingerprint density at radius 3 is 2.69 bits per heavy atom. The van der Waals surface area contributed by atoms with Crippen molar-refractivity contribution in [1.82, 2.24) is 10.2 Å². The first-order valence-electron chi connectivity index (χ1n) is 8.50. The van der Waals surface area contributed by atoms with E-state index in [0.29, 0.717) is 28.5 Å². The van der Waals surface area contributed by atoms with Gasteiger partial charge in [-0.1, -0.05) is 23.7 Å². The zero-order chi connectivity index (χ0) is 18.7. The molecule has 5 nitrogen and oxygen atoms in total. The van der Waals surface area contributed by atoms with E-state index in [1.165, 1.54) is 4.90 Å². The normalized spacial score (nSPS) is 16.0. The van der Waals surface area contributed by atoms with Gasteiger partial charge in [-0.25, -0.2) is 0 Å². The quantitative estimate of drug-likeness (QED) is 0.894. The van der Waals surface area contributed by atoms with E-state index in [1.807, 2.05) is 6.07 Å². The van der Waals surface area contributed by atoms with Gasteiger partial charge in [0.05, 0.1) is 12.6 Å². The fraction of sp³-hybridized carbons (Fsp3) is 0.300. The highest BCUT2D eigenvalue weighted by Crippen LogP contribution is 2.33. The first kappa shape index (κ1) is 18.3. The number of amides is 2. The molecule has 2 aromatic rings. The Kier molecular flexibility index (Phi) is 5.47. The molecule has 1 heterocycles. The second-order valence-electron chi connectivity index (χ2n) is 6.48.